The Hall–Kier alpha value is -1.77. The highest BCUT2D eigenvalue weighted by atomic mass is 32.2. The zero-order chi connectivity index (χ0) is 18.6. The van der Waals surface area contributed by atoms with Crippen LogP contribution in [0.1, 0.15) is 40.9 Å². The Bertz CT molecular complexity index is 872. The Morgan fingerprint density at radius 3 is 2.46 bits per heavy atom. The number of sulfonamides is 1. The average Bonchev–Trinajstić information content (AvgIpc) is 2.97. The molecule has 0 radical (unpaired) electrons. The van der Waals surface area contributed by atoms with Crippen LogP contribution in [0, 0.1) is 5.82 Å². The zero-order valence-corrected chi connectivity index (χ0v) is 15.9. The summed E-state index contributed by atoms with van der Waals surface area (Å²) in [6, 6.07) is 9.19. The standard InChI is InChI=1S/C18H21FN2O3S2/c19-15-8-4-3-7-14(15)13-20-18(22)16-9-10-17(25-16)26(23,24)21-11-5-1-2-6-12-21/h3-4,7-10H,1-2,5-6,11-13H2,(H,20,22). The molecule has 26 heavy (non-hydrogen) atoms. The van der Waals surface area contributed by atoms with Crippen LogP contribution in [0.4, 0.5) is 4.39 Å². The van der Waals surface area contributed by atoms with E-state index in [4.69, 9.17) is 0 Å². The molecule has 2 heterocycles. The molecule has 0 bridgehead atoms. The van der Waals surface area contributed by atoms with Crippen molar-refractivity contribution in [2.75, 3.05) is 13.1 Å². The van der Waals surface area contributed by atoms with Crippen LogP contribution in [0.3, 0.4) is 0 Å². The van der Waals surface area contributed by atoms with Gasteiger partial charge < -0.3 is 5.32 Å². The van der Waals surface area contributed by atoms with Crippen molar-refractivity contribution in [2.45, 2.75) is 36.4 Å². The van der Waals surface area contributed by atoms with Gasteiger partial charge in [0.25, 0.3) is 15.9 Å². The van der Waals surface area contributed by atoms with Gasteiger partial charge in [-0.25, -0.2) is 12.8 Å². The van der Waals surface area contributed by atoms with E-state index in [0.717, 1.165) is 37.0 Å². The van der Waals surface area contributed by atoms with Crippen molar-refractivity contribution in [2.24, 2.45) is 0 Å². The lowest BCUT2D eigenvalue weighted by Gasteiger charge is -2.18. The molecule has 1 amide bonds. The fourth-order valence-corrected chi connectivity index (χ4v) is 5.79. The highest BCUT2D eigenvalue weighted by Gasteiger charge is 2.27. The summed E-state index contributed by atoms with van der Waals surface area (Å²) in [6.07, 6.45) is 3.81. The second-order valence-corrected chi connectivity index (χ2v) is 9.46. The first-order chi connectivity index (χ1) is 12.5. The predicted molar refractivity (Wildman–Crippen MR) is 99.1 cm³/mol. The third-order valence-corrected chi connectivity index (χ3v) is 7.81. The summed E-state index contributed by atoms with van der Waals surface area (Å²) in [6.45, 7) is 1.10. The lowest BCUT2D eigenvalue weighted by Crippen LogP contribution is -2.31. The monoisotopic (exact) mass is 396 g/mol. The smallest absolute Gasteiger partial charge is 0.261 e. The second-order valence-electron chi connectivity index (χ2n) is 6.21. The largest absolute Gasteiger partial charge is 0.347 e. The van der Waals surface area contributed by atoms with Crippen molar-refractivity contribution in [3.05, 3.63) is 52.7 Å². The minimum atomic E-state index is -3.56. The molecule has 1 aromatic heterocycles. The molecular formula is C18H21FN2O3S2. The van der Waals surface area contributed by atoms with Gasteiger partial charge in [-0.05, 0) is 31.0 Å². The quantitative estimate of drug-likeness (QED) is 0.843. The molecule has 1 fully saturated rings. The normalized spacial score (nSPS) is 16.2. The van der Waals surface area contributed by atoms with Gasteiger partial charge >= 0.3 is 0 Å². The summed E-state index contributed by atoms with van der Waals surface area (Å²) < 4.78 is 40.8. The number of hydrogen-bond donors (Lipinski definition) is 1. The first-order valence-corrected chi connectivity index (χ1v) is 10.9. The van der Waals surface area contributed by atoms with Crippen LogP contribution in [0.2, 0.25) is 0 Å². The number of amides is 1. The highest BCUT2D eigenvalue weighted by molar-refractivity contribution is 7.91. The third-order valence-electron chi connectivity index (χ3n) is 4.36. The first-order valence-electron chi connectivity index (χ1n) is 8.60. The molecule has 8 heteroatoms. The molecule has 1 saturated heterocycles. The van der Waals surface area contributed by atoms with Gasteiger partial charge in [-0.2, -0.15) is 4.31 Å². The van der Waals surface area contributed by atoms with E-state index in [1.807, 2.05) is 0 Å². The molecule has 5 nitrogen and oxygen atoms in total. The summed E-state index contributed by atoms with van der Waals surface area (Å²) in [7, 11) is -3.56. The number of nitrogens with zero attached hydrogens (tertiary/aromatic N) is 1. The minimum Gasteiger partial charge on any atom is -0.347 e. The number of benzene rings is 1. The molecule has 3 rings (SSSR count). The highest BCUT2D eigenvalue weighted by Crippen LogP contribution is 2.27. The fraction of sp³-hybridized carbons (Fsp3) is 0.389. The van der Waals surface area contributed by atoms with Gasteiger partial charge in [-0.3, -0.25) is 4.79 Å². The predicted octanol–water partition coefficient (Wildman–Crippen LogP) is 3.38. The van der Waals surface area contributed by atoms with Crippen LogP contribution in [-0.2, 0) is 16.6 Å². The fourth-order valence-electron chi connectivity index (χ4n) is 2.89. The maximum absolute atomic E-state index is 13.6. The molecule has 1 N–H and O–H groups in total. The summed E-state index contributed by atoms with van der Waals surface area (Å²) in [4.78, 5) is 12.6. The van der Waals surface area contributed by atoms with Crippen molar-refractivity contribution in [1.29, 1.82) is 0 Å². The lowest BCUT2D eigenvalue weighted by molar-refractivity contribution is 0.0954. The van der Waals surface area contributed by atoms with E-state index in [2.05, 4.69) is 5.32 Å². The molecule has 1 aromatic carbocycles. The molecule has 0 spiro atoms. The summed E-state index contributed by atoms with van der Waals surface area (Å²) in [5, 5.41) is 2.63. The number of thiophene rings is 1. The number of hydrogen-bond acceptors (Lipinski definition) is 4. The molecule has 0 saturated carbocycles. The van der Waals surface area contributed by atoms with E-state index in [1.165, 1.54) is 22.5 Å². The molecule has 0 aliphatic carbocycles. The van der Waals surface area contributed by atoms with E-state index >= 15 is 0 Å². The molecule has 140 valence electrons. The van der Waals surface area contributed by atoms with Gasteiger partial charge in [0.05, 0.1) is 4.88 Å². The van der Waals surface area contributed by atoms with Crippen LogP contribution in [-0.4, -0.2) is 31.7 Å². The number of carbonyl (C=O) groups excluding carboxylic acids is 1. The van der Waals surface area contributed by atoms with Crippen LogP contribution in [0.5, 0.6) is 0 Å². The Kier molecular flexibility index (Phi) is 6.05. The maximum Gasteiger partial charge on any atom is 0.261 e. The summed E-state index contributed by atoms with van der Waals surface area (Å²) >= 11 is 0.952. The van der Waals surface area contributed by atoms with Crippen molar-refractivity contribution in [3.63, 3.8) is 0 Å². The van der Waals surface area contributed by atoms with Gasteiger partial charge in [0, 0.05) is 25.2 Å². The van der Waals surface area contributed by atoms with E-state index in [9.17, 15) is 17.6 Å². The molecular weight excluding hydrogens is 375 g/mol. The number of nitrogens with one attached hydrogen (secondary N) is 1. The van der Waals surface area contributed by atoms with Crippen LogP contribution in [0.15, 0.2) is 40.6 Å². The average molecular weight is 397 g/mol. The minimum absolute atomic E-state index is 0.0532. The Morgan fingerprint density at radius 1 is 1.08 bits per heavy atom. The summed E-state index contributed by atoms with van der Waals surface area (Å²) in [5.41, 5.74) is 0.384. The van der Waals surface area contributed by atoms with Crippen molar-refractivity contribution in [3.8, 4) is 0 Å². The van der Waals surface area contributed by atoms with Crippen molar-refractivity contribution >= 4 is 27.3 Å². The first kappa shape index (κ1) is 19.0. The van der Waals surface area contributed by atoms with Crippen LogP contribution >= 0.6 is 11.3 Å². The second kappa shape index (κ2) is 8.28. The molecule has 1 aliphatic rings. The van der Waals surface area contributed by atoms with Gasteiger partial charge in [-0.15, -0.1) is 11.3 Å². The van der Waals surface area contributed by atoms with E-state index in [1.54, 1.807) is 18.2 Å². The molecule has 2 aromatic rings. The van der Waals surface area contributed by atoms with Crippen molar-refractivity contribution < 1.29 is 17.6 Å². The lowest BCUT2D eigenvalue weighted by atomic mass is 10.2. The van der Waals surface area contributed by atoms with E-state index in [0.29, 0.717) is 23.5 Å². The Balaban J connectivity index is 1.68. The Morgan fingerprint density at radius 2 is 1.77 bits per heavy atom. The maximum atomic E-state index is 13.6. The molecule has 0 unspecified atom stereocenters. The third kappa shape index (κ3) is 4.31. The topological polar surface area (TPSA) is 66.5 Å². The van der Waals surface area contributed by atoms with Gasteiger partial charge in [-0.1, -0.05) is 31.0 Å². The van der Waals surface area contributed by atoms with Gasteiger partial charge in [0.2, 0.25) is 0 Å². The van der Waals surface area contributed by atoms with Crippen molar-refractivity contribution in [1.82, 2.24) is 9.62 Å². The zero-order valence-electron chi connectivity index (χ0n) is 14.3. The van der Waals surface area contributed by atoms with E-state index < -0.39 is 15.9 Å². The number of carbonyl (C=O) groups is 1. The molecule has 1 aliphatic heterocycles. The Labute approximate surface area is 156 Å². The van der Waals surface area contributed by atoms with Gasteiger partial charge in [0.15, 0.2) is 0 Å². The summed E-state index contributed by atoms with van der Waals surface area (Å²) in [5.74, 6) is -0.793. The molecule has 0 atom stereocenters. The SMILES string of the molecule is O=C(NCc1ccccc1F)c1ccc(S(=O)(=O)N2CCCCCC2)s1. The van der Waals surface area contributed by atoms with Crippen LogP contribution in [0.25, 0.3) is 0 Å². The van der Waals surface area contributed by atoms with Gasteiger partial charge in [0.1, 0.15) is 10.0 Å². The van der Waals surface area contributed by atoms with Crippen LogP contribution < -0.4 is 5.32 Å². The number of halogens is 1. The van der Waals surface area contributed by atoms with E-state index in [-0.39, 0.29) is 16.6 Å². The number of rotatable bonds is 5.